The minimum atomic E-state index is 0.721. The van der Waals surface area contributed by atoms with Crippen molar-refractivity contribution in [3.05, 3.63) is 0 Å². The monoisotopic (exact) mass is 242 g/mol. The Morgan fingerprint density at radius 3 is 2.35 bits per heavy atom. The summed E-state index contributed by atoms with van der Waals surface area (Å²) in [6, 6.07) is 0.721. The standard InChI is InChI=1S/C13H30N4/c1-13(5-6-14-2)17-11-9-16(10-12-17)8-7-15(3)4/h13-14H,5-12H2,1-4H3. The van der Waals surface area contributed by atoms with Gasteiger partial charge in [-0.2, -0.15) is 0 Å². The highest BCUT2D eigenvalue weighted by Crippen LogP contribution is 2.08. The first-order valence-corrected chi connectivity index (χ1v) is 6.89. The third-order valence-electron chi connectivity index (χ3n) is 3.71. The third-order valence-corrected chi connectivity index (χ3v) is 3.71. The molecule has 0 saturated carbocycles. The molecule has 0 spiro atoms. The van der Waals surface area contributed by atoms with E-state index in [-0.39, 0.29) is 0 Å². The lowest BCUT2D eigenvalue weighted by atomic mass is 10.1. The highest BCUT2D eigenvalue weighted by molar-refractivity contribution is 4.76. The molecule has 1 heterocycles. The highest BCUT2D eigenvalue weighted by atomic mass is 15.3. The number of rotatable bonds is 7. The molecule has 0 aliphatic carbocycles. The molecule has 102 valence electrons. The molecule has 4 heteroatoms. The van der Waals surface area contributed by atoms with Crippen LogP contribution in [0.4, 0.5) is 0 Å². The number of likely N-dealkylation sites (N-methyl/N-ethyl adjacent to an activating group) is 1. The Kier molecular flexibility index (Phi) is 7.04. The molecule has 1 atom stereocenters. The van der Waals surface area contributed by atoms with Gasteiger partial charge in [0, 0.05) is 45.3 Å². The lowest BCUT2D eigenvalue weighted by molar-refractivity contribution is 0.0946. The van der Waals surface area contributed by atoms with E-state index in [1.807, 2.05) is 7.05 Å². The van der Waals surface area contributed by atoms with Crippen LogP contribution in [0.3, 0.4) is 0 Å². The summed E-state index contributed by atoms with van der Waals surface area (Å²) in [5.41, 5.74) is 0. The van der Waals surface area contributed by atoms with Gasteiger partial charge < -0.3 is 10.2 Å². The van der Waals surface area contributed by atoms with E-state index in [9.17, 15) is 0 Å². The van der Waals surface area contributed by atoms with Crippen LogP contribution in [0.25, 0.3) is 0 Å². The SMILES string of the molecule is CNCCC(C)N1CCN(CCN(C)C)CC1. The van der Waals surface area contributed by atoms with Gasteiger partial charge >= 0.3 is 0 Å². The van der Waals surface area contributed by atoms with Gasteiger partial charge in [0.25, 0.3) is 0 Å². The van der Waals surface area contributed by atoms with Crippen molar-refractivity contribution < 1.29 is 0 Å². The van der Waals surface area contributed by atoms with Crippen molar-refractivity contribution in [2.45, 2.75) is 19.4 Å². The minimum Gasteiger partial charge on any atom is -0.320 e. The molecule has 0 aromatic carbocycles. The van der Waals surface area contributed by atoms with Gasteiger partial charge in [0.1, 0.15) is 0 Å². The van der Waals surface area contributed by atoms with Crippen molar-refractivity contribution in [1.82, 2.24) is 20.0 Å². The molecular formula is C13H30N4. The molecule has 0 amide bonds. The summed E-state index contributed by atoms with van der Waals surface area (Å²) in [6.07, 6.45) is 1.26. The topological polar surface area (TPSA) is 21.8 Å². The zero-order valence-electron chi connectivity index (χ0n) is 12.1. The molecule has 1 saturated heterocycles. The summed E-state index contributed by atoms with van der Waals surface area (Å²) >= 11 is 0. The van der Waals surface area contributed by atoms with Crippen molar-refractivity contribution in [3.8, 4) is 0 Å². The molecule has 0 bridgehead atoms. The second kappa shape index (κ2) is 8.03. The molecule has 17 heavy (non-hydrogen) atoms. The Hall–Kier alpha value is -0.160. The molecular weight excluding hydrogens is 212 g/mol. The van der Waals surface area contributed by atoms with E-state index in [0.717, 1.165) is 12.6 Å². The lowest BCUT2D eigenvalue weighted by Crippen LogP contribution is -2.51. The lowest BCUT2D eigenvalue weighted by Gasteiger charge is -2.38. The largest absolute Gasteiger partial charge is 0.320 e. The predicted octanol–water partition coefficient (Wildman–Crippen LogP) is 0.164. The van der Waals surface area contributed by atoms with Crippen molar-refractivity contribution in [3.63, 3.8) is 0 Å². The molecule has 1 aliphatic heterocycles. The van der Waals surface area contributed by atoms with Crippen LogP contribution < -0.4 is 5.32 Å². The maximum Gasteiger partial charge on any atom is 0.0113 e. The second-order valence-corrected chi connectivity index (χ2v) is 5.42. The van der Waals surface area contributed by atoms with Gasteiger partial charge in [-0.1, -0.05) is 0 Å². The molecule has 4 nitrogen and oxygen atoms in total. The molecule has 0 aromatic rings. The van der Waals surface area contributed by atoms with E-state index >= 15 is 0 Å². The summed E-state index contributed by atoms with van der Waals surface area (Å²) in [5.74, 6) is 0. The van der Waals surface area contributed by atoms with Crippen molar-refractivity contribution in [2.75, 3.05) is 67.0 Å². The maximum absolute atomic E-state index is 3.24. The quantitative estimate of drug-likeness (QED) is 0.687. The average molecular weight is 242 g/mol. The van der Waals surface area contributed by atoms with Gasteiger partial charge in [0.05, 0.1) is 0 Å². The first kappa shape index (κ1) is 14.9. The van der Waals surface area contributed by atoms with Gasteiger partial charge in [-0.05, 0) is 41.0 Å². The second-order valence-electron chi connectivity index (χ2n) is 5.42. The Morgan fingerprint density at radius 2 is 1.82 bits per heavy atom. The summed E-state index contributed by atoms with van der Waals surface area (Å²) in [6.45, 7) is 10.8. The van der Waals surface area contributed by atoms with Crippen LogP contribution in [0.15, 0.2) is 0 Å². The summed E-state index contributed by atoms with van der Waals surface area (Å²) in [4.78, 5) is 7.48. The zero-order chi connectivity index (χ0) is 12.7. The van der Waals surface area contributed by atoms with Gasteiger partial charge in [-0.15, -0.1) is 0 Å². The maximum atomic E-state index is 3.24. The van der Waals surface area contributed by atoms with Crippen LogP contribution in [-0.2, 0) is 0 Å². The Morgan fingerprint density at radius 1 is 1.18 bits per heavy atom. The fourth-order valence-corrected chi connectivity index (χ4v) is 2.30. The third kappa shape index (κ3) is 5.82. The fraction of sp³-hybridized carbons (Fsp3) is 1.00. The molecule has 0 aromatic heterocycles. The molecule has 0 radical (unpaired) electrons. The minimum absolute atomic E-state index is 0.721. The van der Waals surface area contributed by atoms with E-state index in [4.69, 9.17) is 0 Å². The zero-order valence-corrected chi connectivity index (χ0v) is 12.1. The molecule has 1 fully saturated rings. The smallest absolute Gasteiger partial charge is 0.0113 e. The highest BCUT2D eigenvalue weighted by Gasteiger charge is 2.20. The van der Waals surface area contributed by atoms with Gasteiger partial charge in [-0.3, -0.25) is 9.80 Å². The van der Waals surface area contributed by atoms with Crippen LogP contribution in [0.1, 0.15) is 13.3 Å². The van der Waals surface area contributed by atoms with E-state index in [1.165, 1.54) is 45.7 Å². The Balaban J connectivity index is 2.16. The van der Waals surface area contributed by atoms with Gasteiger partial charge in [0.2, 0.25) is 0 Å². The molecule has 1 unspecified atom stereocenters. The van der Waals surface area contributed by atoms with Gasteiger partial charge in [0.15, 0.2) is 0 Å². The average Bonchev–Trinajstić information content (AvgIpc) is 2.34. The normalized spacial score (nSPS) is 21.0. The van der Waals surface area contributed by atoms with Crippen LogP contribution >= 0.6 is 0 Å². The van der Waals surface area contributed by atoms with Crippen molar-refractivity contribution in [1.29, 1.82) is 0 Å². The van der Waals surface area contributed by atoms with Gasteiger partial charge in [-0.25, -0.2) is 0 Å². The van der Waals surface area contributed by atoms with E-state index in [2.05, 4.69) is 41.0 Å². The summed E-state index contributed by atoms with van der Waals surface area (Å²) in [5, 5.41) is 3.24. The van der Waals surface area contributed by atoms with E-state index < -0.39 is 0 Å². The first-order chi connectivity index (χ1) is 8.13. The molecule has 1 N–H and O–H groups in total. The Bertz CT molecular complexity index is 188. The van der Waals surface area contributed by atoms with Crippen molar-refractivity contribution in [2.24, 2.45) is 0 Å². The molecule has 1 rings (SSSR count). The van der Waals surface area contributed by atoms with Crippen LogP contribution in [0, 0.1) is 0 Å². The predicted molar refractivity (Wildman–Crippen MR) is 74.6 cm³/mol. The molecule has 1 aliphatic rings. The number of hydrogen-bond acceptors (Lipinski definition) is 4. The number of piperazine rings is 1. The van der Waals surface area contributed by atoms with Crippen molar-refractivity contribution >= 4 is 0 Å². The number of nitrogens with one attached hydrogen (secondary N) is 1. The van der Waals surface area contributed by atoms with Crippen LogP contribution in [0.2, 0.25) is 0 Å². The fourth-order valence-electron chi connectivity index (χ4n) is 2.30. The van der Waals surface area contributed by atoms with E-state index in [1.54, 1.807) is 0 Å². The first-order valence-electron chi connectivity index (χ1n) is 6.89. The summed E-state index contributed by atoms with van der Waals surface area (Å²) < 4.78 is 0. The number of nitrogens with zero attached hydrogens (tertiary/aromatic N) is 3. The Labute approximate surface area is 107 Å². The van der Waals surface area contributed by atoms with Crippen LogP contribution in [-0.4, -0.2) is 87.7 Å². The van der Waals surface area contributed by atoms with E-state index in [0.29, 0.717) is 0 Å². The van der Waals surface area contributed by atoms with Crippen LogP contribution in [0.5, 0.6) is 0 Å². The number of hydrogen-bond donors (Lipinski definition) is 1. The summed E-state index contributed by atoms with van der Waals surface area (Å²) in [7, 11) is 6.33.